The second-order valence-corrected chi connectivity index (χ2v) is 7.88. The Hall–Kier alpha value is -1.39. The Labute approximate surface area is 151 Å². The molecule has 1 aromatic carbocycles. The predicted octanol–water partition coefficient (Wildman–Crippen LogP) is 3.07. The van der Waals surface area contributed by atoms with Crippen molar-refractivity contribution in [2.24, 2.45) is 5.92 Å². The zero-order valence-corrected chi connectivity index (χ0v) is 15.1. The Balaban J connectivity index is 1.39. The minimum absolute atomic E-state index is 0.312. The van der Waals surface area contributed by atoms with Gasteiger partial charge < -0.3 is 9.64 Å². The van der Waals surface area contributed by atoms with Gasteiger partial charge >= 0.3 is 0 Å². The fourth-order valence-corrected chi connectivity index (χ4v) is 4.64. The maximum atomic E-state index is 12.6. The third-order valence-electron chi connectivity index (χ3n) is 6.22. The molecule has 0 spiro atoms. The molecule has 1 amide bonds. The van der Waals surface area contributed by atoms with Crippen LogP contribution in [0.5, 0.6) is 0 Å². The maximum Gasteiger partial charge on any atom is 0.225 e. The molecule has 1 saturated carbocycles. The summed E-state index contributed by atoms with van der Waals surface area (Å²) < 4.78 is 5.57. The summed E-state index contributed by atoms with van der Waals surface area (Å²) >= 11 is 0. The number of benzene rings is 1. The Kier molecular flexibility index (Phi) is 5.37. The lowest BCUT2D eigenvalue weighted by molar-refractivity contribution is -0.144. The second-order valence-electron chi connectivity index (χ2n) is 7.88. The Morgan fingerprint density at radius 2 is 1.68 bits per heavy atom. The molecule has 0 aromatic heterocycles. The summed E-state index contributed by atoms with van der Waals surface area (Å²) in [5.41, 5.74) is 1.37. The fraction of sp³-hybridized carbons (Fsp3) is 0.667. The summed E-state index contributed by atoms with van der Waals surface area (Å²) in [6.07, 6.45) is 6.90. The van der Waals surface area contributed by atoms with Gasteiger partial charge in [0, 0.05) is 50.8 Å². The van der Waals surface area contributed by atoms with Gasteiger partial charge in [-0.2, -0.15) is 0 Å². The smallest absolute Gasteiger partial charge is 0.225 e. The van der Waals surface area contributed by atoms with Gasteiger partial charge in [0.1, 0.15) is 0 Å². The SMILES string of the molecule is O=C(C1CCCC1)N1CC(N(Cc2ccccc2)C2CCOCC2)C1. The van der Waals surface area contributed by atoms with Crippen LogP contribution < -0.4 is 0 Å². The first-order chi connectivity index (χ1) is 12.3. The van der Waals surface area contributed by atoms with Gasteiger partial charge in [-0.05, 0) is 31.2 Å². The molecule has 4 heteroatoms. The number of amides is 1. The summed E-state index contributed by atoms with van der Waals surface area (Å²) in [7, 11) is 0. The summed E-state index contributed by atoms with van der Waals surface area (Å²) in [5.74, 6) is 0.729. The standard InChI is InChI=1S/C21H30N2O2/c24-21(18-8-4-5-9-18)22-15-20(16-22)23(19-10-12-25-13-11-19)14-17-6-2-1-3-7-17/h1-3,6-7,18-20H,4-5,8-16H2. The first kappa shape index (κ1) is 17.0. The van der Waals surface area contributed by atoms with Crippen LogP contribution in [0, 0.1) is 5.92 Å². The number of hydrogen-bond donors (Lipinski definition) is 0. The highest BCUT2D eigenvalue weighted by atomic mass is 16.5. The van der Waals surface area contributed by atoms with E-state index < -0.39 is 0 Å². The van der Waals surface area contributed by atoms with Crippen molar-refractivity contribution in [2.75, 3.05) is 26.3 Å². The molecule has 0 unspecified atom stereocenters. The van der Waals surface area contributed by atoms with Crippen molar-refractivity contribution in [2.45, 2.75) is 57.2 Å². The van der Waals surface area contributed by atoms with Crippen LogP contribution in [-0.2, 0) is 16.1 Å². The van der Waals surface area contributed by atoms with Crippen LogP contribution in [0.4, 0.5) is 0 Å². The number of likely N-dealkylation sites (tertiary alicyclic amines) is 1. The lowest BCUT2D eigenvalue weighted by Gasteiger charge is -2.49. The number of rotatable bonds is 5. The predicted molar refractivity (Wildman–Crippen MR) is 98.2 cm³/mol. The van der Waals surface area contributed by atoms with Crippen molar-refractivity contribution < 1.29 is 9.53 Å². The van der Waals surface area contributed by atoms with Gasteiger partial charge in [0.05, 0.1) is 0 Å². The van der Waals surface area contributed by atoms with Crippen LogP contribution in [-0.4, -0.2) is 54.1 Å². The number of ether oxygens (including phenoxy) is 1. The van der Waals surface area contributed by atoms with Crippen LogP contribution >= 0.6 is 0 Å². The molecule has 3 aliphatic rings. The summed E-state index contributed by atoms with van der Waals surface area (Å²) in [6, 6.07) is 11.8. The Morgan fingerprint density at radius 1 is 1.00 bits per heavy atom. The third kappa shape index (κ3) is 3.90. The van der Waals surface area contributed by atoms with Crippen molar-refractivity contribution in [1.82, 2.24) is 9.80 Å². The summed E-state index contributed by atoms with van der Waals surface area (Å²) in [5, 5.41) is 0. The van der Waals surface area contributed by atoms with Gasteiger partial charge in [0.2, 0.25) is 5.91 Å². The molecule has 0 radical (unpaired) electrons. The highest BCUT2D eigenvalue weighted by Crippen LogP contribution is 2.31. The van der Waals surface area contributed by atoms with Crippen molar-refractivity contribution in [1.29, 1.82) is 0 Å². The molecule has 25 heavy (non-hydrogen) atoms. The first-order valence-corrected chi connectivity index (χ1v) is 9.97. The van der Waals surface area contributed by atoms with Gasteiger partial charge in [0.25, 0.3) is 0 Å². The highest BCUT2D eigenvalue weighted by Gasteiger charge is 2.40. The van der Waals surface area contributed by atoms with E-state index in [1.54, 1.807) is 0 Å². The van der Waals surface area contributed by atoms with E-state index in [-0.39, 0.29) is 0 Å². The van der Waals surface area contributed by atoms with Gasteiger partial charge in [-0.1, -0.05) is 43.2 Å². The largest absolute Gasteiger partial charge is 0.381 e. The van der Waals surface area contributed by atoms with E-state index in [9.17, 15) is 4.79 Å². The molecule has 136 valence electrons. The molecule has 4 rings (SSSR count). The number of carbonyl (C=O) groups is 1. The van der Waals surface area contributed by atoms with E-state index in [1.807, 2.05) is 0 Å². The van der Waals surface area contributed by atoms with Gasteiger partial charge in [-0.25, -0.2) is 0 Å². The van der Waals surface area contributed by atoms with E-state index >= 15 is 0 Å². The van der Waals surface area contributed by atoms with Crippen LogP contribution in [0.1, 0.15) is 44.1 Å². The average molecular weight is 342 g/mol. The topological polar surface area (TPSA) is 32.8 Å². The minimum Gasteiger partial charge on any atom is -0.381 e. The van der Waals surface area contributed by atoms with Crippen LogP contribution in [0.3, 0.4) is 0 Å². The average Bonchev–Trinajstić information content (AvgIpc) is 3.16. The van der Waals surface area contributed by atoms with Crippen LogP contribution in [0.15, 0.2) is 30.3 Å². The molecular weight excluding hydrogens is 312 g/mol. The van der Waals surface area contributed by atoms with E-state index in [1.165, 1.54) is 18.4 Å². The molecule has 1 aromatic rings. The summed E-state index contributed by atoms with van der Waals surface area (Å²) in [4.78, 5) is 17.4. The molecule has 2 aliphatic heterocycles. The number of carbonyl (C=O) groups excluding carboxylic acids is 1. The zero-order valence-electron chi connectivity index (χ0n) is 15.1. The molecule has 2 saturated heterocycles. The van der Waals surface area contributed by atoms with Crippen molar-refractivity contribution in [3.8, 4) is 0 Å². The van der Waals surface area contributed by atoms with Gasteiger partial charge in [-0.15, -0.1) is 0 Å². The van der Waals surface area contributed by atoms with Crippen LogP contribution in [0.2, 0.25) is 0 Å². The second kappa shape index (κ2) is 7.88. The van der Waals surface area contributed by atoms with Gasteiger partial charge in [-0.3, -0.25) is 9.69 Å². The third-order valence-corrected chi connectivity index (χ3v) is 6.22. The minimum atomic E-state index is 0.312. The molecule has 0 bridgehead atoms. The monoisotopic (exact) mass is 342 g/mol. The van der Waals surface area contributed by atoms with Crippen molar-refractivity contribution in [3.05, 3.63) is 35.9 Å². The zero-order chi connectivity index (χ0) is 17.1. The number of hydrogen-bond acceptors (Lipinski definition) is 3. The molecule has 2 heterocycles. The molecule has 1 aliphatic carbocycles. The maximum absolute atomic E-state index is 12.6. The molecule has 0 N–H and O–H groups in total. The fourth-order valence-electron chi connectivity index (χ4n) is 4.64. The Morgan fingerprint density at radius 3 is 2.36 bits per heavy atom. The van der Waals surface area contributed by atoms with E-state index in [2.05, 4.69) is 40.1 Å². The lowest BCUT2D eigenvalue weighted by Crippen LogP contribution is -2.64. The molecule has 3 fully saturated rings. The summed E-state index contributed by atoms with van der Waals surface area (Å²) in [6.45, 7) is 4.56. The molecule has 4 nitrogen and oxygen atoms in total. The van der Waals surface area contributed by atoms with E-state index in [0.717, 1.165) is 58.5 Å². The van der Waals surface area contributed by atoms with Crippen molar-refractivity contribution in [3.63, 3.8) is 0 Å². The normalized spacial score (nSPS) is 23.2. The van der Waals surface area contributed by atoms with Crippen LogP contribution in [0.25, 0.3) is 0 Å². The molecule has 0 atom stereocenters. The highest BCUT2D eigenvalue weighted by molar-refractivity contribution is 5.80. The quantitative estimate of drug-likeness (QED) is 0.824. The van der Waals surface area contributed by atoms with E-state index in [0.29, 0.717) is 23.9 Å². The molecular formula is C21H30N2O2. The lowest BCUT2D eigenvalue weighted by atomic mass is 9.96. The van der Waals surface area contributed by atoms with E-state index in [4.69, 9.17) is 4.74 Å². The van der Waals surface area contributed by atoms with Gasteiger partial charge in [0.15, 0.2) is 0 Å². The van der Waals surface area contributed by atoms with Crippen molar-refractivity contribution >= 4 is 5.91 Å². The number of nitrogens with zero attached hydrogens (tertiary/aromatic N) is 2. The first-order valence-electron chi connectivity index (χ1n) is 9.97. The Bertz CT molecular complexity index is 559.